The summed E-state index contributed by atoms with van der Waals surface area (Å²) >= 11 is 0. The molecule has 3 fully saturated rings. The first-order valence-electron chi connectivity index (χ1n) is 9.18. The van der Waals surface area contributed by atoms with E-state index in [4.69, 9.17) is 4.74 Å². The maximum atomic E-state index is 6.76. The third kappa shape index (κ3) is 1.97. The Balaban J connectivity index is 1.69. The summed E-state index contributed by atoms with van der Waals surface area (Å²) < 4.78 is 6.76. The van der Waals surface area contributed by atoms with Crippen LogP contribution in [0.15, 0.2) is 0 Å². The molecule has 0 aromatic rings. The number of ether oxygens (including phenoxy) is 1. The van der Waals surface area contributed by atoms with Gasteiger partial charge in [0.15, 0.2) is 0 Å². The van der Waals surface area contributed by atoms with E-state index in [0.717, 1.165) is 12.5 Å². The van der Waals surface area contributed by atoms with Crippen molar-refractivity contribution in [2.24, 2.45) is 22.2 Å². The molecule has 3 aliphatic rings. The molecule has 0 radical (unpaired) electrons. The molecule has 0 amide bonds. The van der Waals surface area contributed by atoms with Crippen LogP contribution in [-0.2, 0) is 4.74 Å². The number of hydrogen-bond acceptors (Lipinski definition) is 2. The fourth-order valence-electron chi connectivity index (χ4n) is 5.60. The SMILES string of the molecule is CCNC1CC(OC2CC3CCC2(C)C3(C)C)C1(C)CC. The standard InChI is InChI=1S/C19H35NO/c1-7-18(5)14(20-8-2)12-15(18)21-16-11-13-9-10-19(16,6)17(13,3)4/h13-16,20H,7-12H2,1-6H3. The monoisotopic (exact) mass is 293 g/mol. The van der Waals surface area contributed by atoms with Crippen molar-refractivity contribution < 1.29 is 4.74 Å². The van der Waals surface area contributed by atoms with Crippen LogP contribution in [0, 0.1) is 22.2 Å². The van der Waals surface area contributed by atoms with E-state index >= 15 is 0 Å². The summed E-state index contributed by atoms with van der Waals surface area (Å²) in [6, 6.07) is 0.650. The summed E-state index contributed by atoms with van der Waals surface area (Å²) in [5.41, 5.74) is 1.19. The van der Waals surface area contributed by atoms with Crippen molar-refractivity contribution in [1.82, 2.24) is 5.32 Å². The lowest BCUT2D eigenvalue weighted by molar-refractivity contribution is -0.185. The summed E-state index contributed by atoms with van der Waals surface area (Å²) in [6.07, 6.45) is 7.45. The predicted octanol–water partition coefficient (Wildman–Crippen LogP) is 4.38. The molecule has 0 spiro atoms. The molecule has 2 heteroatoms. The second-order valence-electron chi connectivity index (χ2n) is 8.93. The van der Waals surface area contributed by atoms with Crippen LogP contribution in [0.2, 0.25) is 0 Å². The Labute approximate surface area is 131 Å². The molecule has 3 saturated carbocycles. The highest BCUT2D eigenvalue weighted by Gasteiger charge is 2.63. The van der Waals surface area contributed by atoms with Crippen molar-refractivity contribution >= 4 is 0 Å². The maximum absolute atomic E-state index is 6.76. The van der Waals surface area contributed by atoms with Crippen LogP contribution in [0.1, 0.15) is 73.6 Å². The molecule has 6 atom stereocenters. The van der Waals surface area contributed by atoms with E-state index in [1.54, 1.807) is 0 Å². The zero-order valence-electron chi connectivity index (χ0n) is 15.0. The summed E-state index contributed by atoms with van der Waals surface area (Å²) in [5, 5.41) is 3.66. The van der Waals surface area contributed by atoms with Crippen LogP contribution in [0.25, 0.3) is 0 Å². The van der Waals surface area contributed by atoms with Crippen molar-refractivity contribution in [2.45, 2.75) is 91.9 Å². The molecular weight excluding hydrogens is 258 g/mol. The molecule has 2 bridgehead atoms. The van der Waals surface area contributed by atoms with Crippen LogP contribution in [0.4, 0.5) is 0 Å². The van der Waals surface area contributed by atoms with Gasteiger partial charge in [-0.05, 0) is 55.4 Å². The van der Waals surface area contributed by atoms with E-state index in [2.05, 4.69) is 46.9 Å². The largest absolute Gasteiger partial charge is 0.374 e. The van der Waals surface area contributed by atoms with Gasteiger partial charge in [-0.15, -0.1) is 0 Å². The minimum atomic E-state index is 0.332. The fourth-order valence-corrected chi connectivity index (χ4v) is 5.60. The molecule has 122 valence electrons. The minimum Gasteiger partial charge on any atom is -0.374 e. The highest BCUT2D eigenvalue weighted by atomic mass is 16.5. The molecule has 1 N–H and O–H groups in total. The molecule has 0 aromatic heterocycles. The van der Waals surface area contributed by atoms with Gasteiger partial charge < -0.3 is 10.1 Å². The number of fused-ring (bicyclic) bond motifs is 2. The predicted molar refractivity (Wildman–Crippen MR) is 88.4 cm³/mol. The molecule has 21 heavy (non-hydrogen) atoms. The van der Waals surface area contributed by atoms with Gasteiger partial charge in [0.05, 0.1) is 12.2 Å². The Bertz CT molecular complexity index is 406. The summed E-state index contributed by atoms with van der Waals surface area (Å²) in [6.45, 7) is 15.5. The topological polar surface area (TPSA) is 21.3 Å². The summed E-state index contributed by atoms with van der Waals surface area (Å²) in [4.78, 5) is 0. The van der Waals surface area contributed by atoms with Crippen LogP contribution < -0.4 is 5.32 Å². The molecule has 0 aliphatic heterocycles. The second-order valence-corrected chi connectivity index (χ2v) is 8.93. The van der Waals surface area contributed by atoms with E-state index in [1.807, 2.05) is 0 Å². The van der Waals surface area contributed by atoms with E-state index in [0.29, 0.717) is 34.5 Å². The van der Waals surface area contributed by atoms with Crippen molar-refractivity contribution in [3.05, 3.63) is 0 Å². The zero-order valence-corrected chi connectivity index (χ0v) is 15.0. The van der Waals surface area contributed by atoms with Crippen molar-refractivity contribution in [3.8, 4) is 0 Å². The first kappa shape index (κ1) is 15.8. The molecule has 6 unspecified atom stereocenters. The van der Waals surface area contributed by atoms with Crippen LogP contribution in [-0.4, -0.2) is 24.8 Å². The maximum Gasteiger partial charge on any atom is 0.0662 e. The van der Waals surface area contributed by atoms with Gasteiger partial charge in [0, 0.05) is 11.5 Å². The number of rotatable bonds is 5. The third-order valence-corrected chi connectivity index (χ3v) is 8.24. The normalized spacial score (nSPS) is 51.1. The highest BCUT2D eigenvalue weighted by molar-refractivity contribution is 5.13. The summed E-state index contributed by atoms with van der Waals surface area (Å²) in [7, 11) is 0. The lowest BCUT2D eigenvalue weighted by Gasteiger charge is -2.56. The molecule has 2 nitrogen and oxygen atoms in total. The smallest absolute Gasteiger partial charge is 0.0662 e. The Morgan fingerprint density at radius 3 is 2.24 bits per heavy atom. The van der Waals surface area contributed by atoms with Gasteiger partial charge in [-0.25, -0.2) is 0 Å². The highest BCUT2D eigenvalue weighted by Crippen LogP contribution is 2.67. The quantitative estimate of drug-likeness (QED) is 0.812. The molecule has 3 rings (SSSR count). The van der Waals surface area contributed by atoms with Crippen molar-refractivity contribution in [2.75, 3.05) is 6.54 Å². The van der Waals surface area contributed by atoms with Crippen LogP contribution >= 0.6 is 0 Å². The average Bonchev–Trinajstić information content (AvgIpc) is 2.78. The van der Waals surface area contributed by atoms with Gasteiger partial charge >= 0.3 is 0 Å². The van der Waals surface area contributed by atoms with Crippen molar-refractivity contribution in [1.29, 1.82) is 0 Å². The van der Waals surface area contributed by atoms with Gasteiger partial charge in [-0.1, -0.05) is 41.5 Å². The van der Waals surface area contributed by atoms with Gasteiger partial charge in [-0.3, -0.25) is 0 Å². The van der Waals surface area contributed by atoms with Crippen LogP contribution in [0.3, 0.4) is 0 Å². The molecule has 0 saturated heterocycles. The first-order valence-corrected chi connectivity index (χ1v) is 9.18. The van der Waals surface area contributed by atoms with Crippen molar-refractivity contribution in [3.63, 3.8) is 0 Å². The Kier molecular flexibility index (Phi) is 3.73. The zero-order chi connectivity index (χ0) is 15.5. The number of hydrogen-bond donors (Lipinski definition) is 1. The van der Waals surface area contributed by atoms with E-state index < -0.39 is 0 Å². The Hall–Kier alpha value is -0.0800. The van der Waals surface area contributed by atoms with Gasteiger partial charge in [0.2, 0.25) is 0 Å². The Morgan fingerprint density at radius 1 is 1.05 bits per heavy atom. The minimum absolute atomic E-state index is 0.332. The number of nitrogens with one attached hydrogen (secondary N) is 1. The lowest BCUT2D eigenvalue weighted by Crippen LogP contribution is -2.63. The van der Waals surface area contributed by atoms with E-state index in [-0.39, 0.29) is 0 Å². The average molecular weight is 293 g/mol. The van der Waals surface area contributed by atoms with Gasteiger partial charge in [-0.2, -0.15) is 0 Å². The molecular formula is C19H35NO. The lowest BCUT2D eigenvalue weighted by atomic mass is 9.61. The fraction of sp³-hybridized carbons (Fsp3) is 1.00. The Morgan fingerprint density at radius 2 is 1.76 bits per heavy atom. The first-order chi connectivity index (χ1) is 9.79. The van der Waals surface area contributed by atoms with Gasteiger partial charge in [0.1, 0.15) is 0 Å². The van der Waals surface area contributed by atoms with Crippen LogP contribution in [0.5, 0.6) is 0 Å². The van der Waals surface area contributed by atoms with E-state index in [1.165, 1.54) is 32.1 Å². The van der Waals surface area contributed by atoms with Gasteiger partial charge in [0.25, 0.3) is 0 Å². The third-order valence-electron chi connectivity index (χ3n) is 8.24. The summed E-state index contributed by atoms with van der Waals surface area (Å²) in [5.74, 6) is 0.880. The molecule has 3 aliphatic carbocycles. The molecule has 0 heterocycles. The molecule has 0 aromatic carbocycles. The van der Waals surface area contributed by atoms with E-state index in [9.17, 15) is 0 Å². The second kappa shape index (κ2) is 4.96.